The van der Waals surface area contributed by atoms with E-state index in [4.69, 9.17) is 23.7 Å². The molecule has 0 atom stereocenters. The summed E-state index contributed by atoms with van der Waals surface area (Å²) in [5, 5.41) is 0. The van der Waals surface area contributed by atoms with Crippen LogP contribution < -0.4 is 9.47 Å². The first-order chi connectivity index (χ1) is 16.9. The molecule has 3 rings (SSSR count). The molecule has 0 radical (unpaired) electrons. The van der Waals surface area contributed by atoms with Crippen LogP contribution in [0.5, 0.6) is 11.5 Å². The van der Waals surface area contributed by atoms with Crippen molar-refractivity contribution in [1.82, 2.24) is 4.31 Å². The number of rotatable bonds is 10. The number of benzene rings is 2. The summed E-state index contributed by atoms with van der Waals surface area (Å²) in [6, 6.07) is 8.95. The van der Waals surface area contributed by atoms with E-state index in [1.165, 1.54) is 4.31 Å². The smallest absolute Gasteiger partial charge is 0.332 e. The number of esters is 1. The average molecular weight is 522 g/mol. The number of methoxy groups -OCH3 is 1. The highest BCUT2D eigenvalue weighted by atomic mass is 32.2. The topological polar surface area (TPSA) is 101 Å². The Morgan fingerprint density at radius 1 is 1.11 bits per heavy atom. The second-order valence-corrected chi connectivity index (χ2v) is 11.5. The fourth-order valence-corrected chi connectivity index (χ4v) is 5.78. The van der Waals surface area contributed by atoms with Crippen molar-refractivity contribution in [2.45, 2.75) is 58.3 Å². The molecule has 2 aromatic rings. The molecule has 0 N–H and O–H groups in total. The van der Waals surface area contributed by atoms with Crippen molar-refractivity contribution in [2.75, 3.05) is 33.7 Å². The van der Waals surface area contributed by atoms with Crippen molar-refractivity contribution in [2.24, 2.45) is 0 Å². The van der Waals surface area contributed by atoms with Gasteiger partial charge in [-0.1, -0.05) is 12.1 Å². The van der Waals surface area contributed by atoms with Crippen LogP contribution in [-0.4, -0.2) is 58.0 Å². The summed E-state index contributed by atoms with van der Waals surface area (Å²) >= 11 is 0. The quantitative estimate of drug-likeness (QED) is 0.344. The lowest BCUT2D eigenvalue weighted by Gasteiger charge is -2.25. The van der Waals surface area contributed by atoms with E-state index in [0.29, 0.717) is 29.2 Å². The second-order valence-electron chi connectivity index (χ2n) is 9.62. The first kappa shape index (κ1) is 27.9. The molecule has 10 heteroatoms. The molecule has 0 aromatic heterocycles. The summed E-state index contributed by atoms with van der Waals surface area (Å²) in [7, 11) is -2.38. The Kier molecular flexibility index (Phi) is 8.99. The SMILES string of the molecule is COc1cc(C)c(S(=O)(=O)N(CCOCC(=O)OC(C)(C)C)Cc2ccc3c(c2)OCOC3)c(C)c1. The molecule has 36 heavy (non-hydrogen) atoms. The third-order valence-corrected chi connectivity index (χ3v) is 7.59. The zero-order valence-electron chi connectivity index (χ0n) is 21.8. The van der Waals surface area contributed by atoms with Gasteiger partial charge in [0, 0.05) is 18.7 Å². The Hall–Kier alpha value is -2.66. The Morgan fingerprint density at radius 2 is 1.81 bits per heavy atom. The highest BCUT2D eigenvalue weighted by Crippen LogP contribution is 2.30. The Morgan fingerprint density at radius 3 is 2.44 bits per heavy atom. The monoisotopic (exact) mass is 521 g/mol. The van der Waals surface area contributed by atoms with Gasteiger partial charge in [0.25, 0.3) is 0 Å². The molecule has 1 heterocycles. The van der Waals surface area contributed by atoms with Crippen LogP contribution in [-0.2, 0) is 42.2 Å². The van der Waals surface area contributed by atoms with Gasteiger partial charge in [-0.05, 0) is 69.5 Å². The van der Waals surface area contributed by atoms with Gasteiger partial charge in [0.05, 0.1) is 25.2 Å². The number of carbonyl (C=O) groups is 1. The van der Waals surface area contributed by atoms with E-state index in [1.807, 2.05) is 18.2 Å². The predicted octanol–water partition coefficient (Wildman–Crippen LogP) is 3.73. The fraction of sp³-hybridized carbons (Fsp3) is 0.500. The lowest BCUT2D eigenvalue weighted by molar-refractivity contribution is -0.160. The molecule has 0 saturated carbocycles. The fourth-order valence-electron chi connectivity index (χ4n) is 3.95. The molecule has 0 bridgehead atoms. The van der Waals surface area contributed by atoms with Gasteiger partial charge in [-0.2, -0.15) is 4.31 Å². The summed E-state index contributed by atoms with van der Waals surface area (Å²) in [6.07, 6.45) is 0. The Bertz CT molecular complexity index is 1160. The number of fused-ring (bicyclic) bond motifs is 1. The first-order valence-electron chi connectivity index (χ1n) is 11.7. The summed E-state index contributed by atoms with van der Waals surface area (Å²) in [6.45, 7) is 9.28. The zero-order chi connectivity index (χ0) is 26.5. The maximum atomic E-state index is 13.9. The molecule has 0 unspecified atom stereocenters. The van der Waals surface area contributed by atoms with Gasteiger partial charge in [0.2, 0.25) is 10.0 Å². The van der Waals surface area contributed by atoms with Crippen molar-refractivity contribution in [3.63, 3.8) is 0 Å². The molecule has 0 fully saturated rings. The predicted molar refractivity (Wildman–Crippen MR) is 133 cm³/mol. The minimum Gasteiger partial charge on any atom is -0.497 e. The van der Waals surface area contributed by atoms with Crippen LogP contribution in [0.15, 0.2) is 35.2 Å². The van der Waals surface area contributed by atoms with E-state index in [9.17, 15) is 13.2 Å². The summed E-state index contributed by atoms with van der Waals surface area (Å²) in [5.74, 6) is 0.757. The minimum atomic E-state index is -3.92. The van der Waals surface area contributed by atoms with E-state index in [2.05, 4.69) is 0 Å². The van der Waals surface area contributed by atoms with Crippen molar-refractivity contribution in [3.05, 3.63) is 52.6 Å². The Balaban J connectivity index is 1.84. The standard InChI is InChI=1S/C26H35NO8S/c1-18-11-22(31-6)12-19(2)25(18)36(29,30)27(9-10-32-16-24(28)35-26(3,4)5)14-20-7-8-21-15-33-17-34-23(21)13-20/h7-8,11-13H,9-10,14-17H2,1-6H3. The molecule has 0 aliphatic carbocycles. The Labute approximate surface area is 213 Å². The number of nitrogens with zero attached hydrogens (tertiary/aromatic N) is 1. The van der Waals surface area contributed by atoms with Crippen LogP contribution in [0.1, 0.15) is 43.0 Å². The number of carbonyl (C=O) groups excluding carboxylic acids is 1. The van der Waals surface area contributed by atoms with E-state index in [0.717, 1.165) is 11.1 Å². The van der Waals surface area contributed by atoms with Crippen LogP contribution >= 0.6 is 0 Å². The number of hydrogen-bond acceptors (Lipinski definition) is 8. The normalized spacial score (nSPS) is 13.8. The lowest BCUT2D eigenvalue weighted by Crippen LogP contribution is -2.35. The van der Waals surface area contributed by atoms with Gasteiger partial charge in [-0.15, -0.1) is 0 Å². The first-order valence-corrected chi connectivity index (χ1v) is 13.1. The van der Waals surface area contributed by atoms with Crippen molar-refractivity contribution < 1.29 is 36.9 Å². The lowest BCUT2D eigenvalue weighted by atomic mass is 10.1. The van der Waals surface area contributed by atoms with Crippen molar-refractivity contribution >= 4 is 16.0 Å². The van der Waals surface area contributed by atoms with Crippen LogP contribution in [0.2, 0.25) is 0 Å². The molecule has 0 spiro atoms. The highest BCUT2D eigenvalue weighted by Gasteiger charge is 2.29. The third kappa shape index (κ3) is 7.19. The van der Waals surface area contributed by atoms with Crippen LogP contribution in [0, 0.1) is 13.8 Å². The van der Waals surface area contributed by atoms with Crippen LogP contribution in [0.25, 0.3) is 0 Å². The largest absolute Gasteiger partial charge is 0.497 e. The summed E-state index contributed by atoms with van der Waals surface area (Å²) < 4.78 is 56.0. The maximum Gasteiger partial charge on any atom is 0.332 e. The average Bonchev–Trinajstić information content (AvgIpc) is 2.79. The number of hydrogen-bond donors (Lipinski definition) is 0. The van der Waals surface area contributed by atoms with Gasteiger partial charge in [0.1, 0.15) is 23.7 Å². The van der Waals surface area contributed by atoms with Crippen LogP contribution in [0.3, 0.4) is 0 Å². The molecular formula is C26H35NO8S. The van der Waals surface area contributed by atoms with Crippen molar-refractivity contribution in [3.8, 4) is 11.5 Å². The maximum absolute atomic E-state index is 13.9. The molecule has 0 amide bonds. The molecular weight excluding hydrogens is 486 g/mol. The highest BCUT2D eigenvalue weighted by molar-refractivity contribution is 7.89. The molecule has 9 nitrogen and oxygen atoms in total. The molecule has 1 aliphatic rings. The molecule has 0 saturated heterocycles. The van der Waals surface area contributed by atoms with Gasteiger partial charge in [-0.3, -0.25) is 0 Å². The van der Waals surface area contributed by atoms with Crippen LogP contribution in [0.4, 0.5) is 0 Å². The van der Waals surface area contributed by atoms with Gasteiger partial charge in [-0.25, -0.2) is 13.2 Å². The third-order valence-electron chi connectivity index (χ3n) is 5.44. The summed E-state index contributed by atoms with van der Waals surface area (Å²) in [4.78, 5) is 12.2. The van der Waals surface area contributed by atoms with Gasteiger partial charge < -0.3 is 23.7 Å². The molecule has 198 valence electrons. The number of aryl methyl sites for hydroxylation is 2. The van der Waals surface area contributed by atoms with Crippen molar-refractivity contribution in [1.29, 1.82) is 0 Å². The molecule has 1 aliphatic heterocycles. The van der Waals surface area contributed by atoms with Gasteiger partial charge >= 0.3 is 5.97 Å². The van der Waals surface area contributed by atoms with E-state index in [-0.39, 0.29) is 38.0 Å². The van der Waals surface area contributed by atoms with E-state index >= 15 is 0 Å². The summed E-state index contributed by atoms with van der Waals surface area (Å²) in [5.41, 5.74) is 2.20. The number of sulfonamides is 1. The van der Waals surface area contributed by atoms with E-state index < -0.39 is 21.6 Å². The second kappa shape index (κ2) is 11.6. The van der Waals surface area contributed by atoms with Gasteiger partial charge in [0.15, 0.2) is 6.79 Å². The molecule has 2 aromatic carbocycles. The zero-order valence-corrected chi connectivity index (χ0v) is 22.6. The van der Waals surface area contributed by atoms with E-state index in [1.54, 1.807) is 53.9 Å². The minimum absolute atomic E-state index is 0.0159. The number of ether oxygens (including phenoxy) is 5.